The van der Waals surface area contributed by atoms with Crippen LogP contribution in [0.1, 0.15) is 37.0 Å². The lowest BCUT2D eigenvalue weighted by Crippen LogP contribution is -2.14. The van der Waals surface area contributed by atoms with E-state index in [1.807, 2.05) is 6.07 Å². The van der Waals surface area contributed by atoms with Gasteiger partial charge in [0.25, 0.3) is 0 Å². The molecule has 3 rings (SSSR count). The van der Waals surface area contributed by atoms with Crippen LogP contribution in [0.15, 0.2) is 42.5 Å². The van der Waals surface area contributed by atoms with E-state index in [2.05, 4.69) is 62.1 Å². The molecular weight excluding hydrogens is 258 g/mol. The summed E-state index contributed by atoms with van der Waals surface area (Å²) >= 11 is 0. The maximum Gasteiger partial charge on any atom is 0.229 e. The average Bonchev–Trinajstić information content (AvgIpc) is 2.68. The number of fused-ring (bicyclic) bond motifs is 3. The van der Waals surface area contributed by atoms with E-state index in [1.54, 1.807) is 0 Å². The van der Waals surface area contributed by atoms with Crippen LogP contribution in [0.25, 0.3) is 11.1 Å². The zero-order valence-corrected chi connectivity index (χ0v) is 12.2. The van der Waals surface area contributed by atoms with Gasteiger partial charge in [-0.05, 0) is 34.4 Å². The highest BCUT2D eigenvalue weighted by Gasteiger charge is 2.34. The number of hydrogen-bond donors (Lipinski definition) is 1. The molecular formula is C19H17NO. The number of carbonyl (C=O) groups is 1. The molecule has 0 saturated heterocycles. The second-order valence-corrected chi connectivity index (χ2v) is 5.88. The Bertz CT molecular complexity index is 791. The minimum atomic E-state index is -0.392. The predicted molar refractivity (Wildman–Crippen MR) is 84.7 cm³/mol. The number of hydrogen-bond acceptors (Lipinski definition) is 1. The average molecular weight is 275 g/mol. The zero-order valence-electron chi connectivity index (χ0n) is 12.2. The maximum atomic E-state index is 10.7. The first-order chi connectivity index (χ1) is 10.00. The van der Waals surface area contributed by atoms with Crippen LogP contribution in [0.2, 0.25) is 0 Å². The Balaban J connectivity index is 2.07. The summed E-state index contributed by atoms with van der Waals surface area (Å²) in [5.41, 5.74) is 11.2. The fourth-order valence-electron chi connectivity index (χ4n) is 3.02. The molecule has 2 nitrogen and oxygen atoms in total. The lowest BCUT2D eigenvalue weighted by Gasteiger charge is -2.21. The highest BCUT2D eigenvalue weighted by Crippen LogP contribution is 2.48. The van der Waals surface area contributed by atoms with Crippen molar-refractivity contribution in [3.05, 3.63) is 59.2 Å². The van der Waals surface area contributed by atoms with Crippen LogP contribution in [0.5, 0.6) is 0 Å². The Hall–Kier alpha value is -2.53. The van der Waals surface area contributed by atoms with Gasteiger partial charge in [0.2, 0.25) is 5.91 Å². The summed E-state index contributed by atoms with van der Waals surface area (Å²) in [4.78, 5) is 10.7. The highest BCUT2D eigenvalue weighted by molar-refractivity contribution is 5.81. The van der Waals surface area contributed by atoms with Gasteiger partial charge in [-0.3, -0.25) is 4.79 Å². The Kier molecular flexibility index (Phi) is 3.07. The lowest BCUT2D eigenvalue weighted by molar-refractivity contribution is -0.117. The van der Waals surface area contributed by atoms with Crippen molar-refractivity contribution in [2.24, 2.45) is 5.73 Å². The van der Waals surface area contributed by atoms with E-state index in [0.717, 1.165) is 5.56 Å². The molecule has 0 aliphatic heterocycles. The lowest BCUT2D eigenvalue weighted by atomic mass is 9.82. The first-order valence-electron chi connectivity index (χ1n) is 7.02. The quantitative estimate of drug-likeness (QED) is 0.798. The second-order valence-electron chi connectivity index (χ2n) is 5.88. The second kappa shape index (κ2) is 4.79. The fourth-order valence-corrected chi connectivity index (χ4v) is 3.02. The van der Waals surface area contributed by atoms with Gasteiger partial charge >= 0.3 is 0 Å². The highest BCUT2D eigenvalue weighted by atomic mass is 16.1. The maximum absolute atomic E-state index is 10.7. The van der Waals surface area contributed by atoms with Gasteiger partial charge in [0.15, 0.2) is 0 Å². The third-order valence-corrected chi connectivity index (χ3v) is 4.08. The molecule has 2 heteroatoms. The molecule has 0 unspecified atom stereocenters. The Morgan fingerprint density at radius 2 is 1.81 bits per heavy atom. The molecule has 1 aliphatic rings. The van der Waals surface area contributed by atoms with Gasteiger partial charge in [0.1, 0.15) is 0 Å². The van der Waals surface area contributed by atoms with E-state index in [4.69, 9.17) is 5.73 Å². The van der Waals surface area contributed by atoms with Crippen molar-refractivity contribution in [3.63, 3.8) is 0 Å². The third-order valence-electron chi connectivity index (χ3n) is 4.08. The van der Waals surface area contributed by atoms with Crippen molar-refractivity contribution in [2.75, 3.05) is 0 Å². The molecule has 21 heavy (non-hydrogen) atoms. The van der Waals surface area contributed by atoms with E-state index < -0.39 is 5.91 Å². The molecule has 0 saturated carbocycles. The molecule has 104 valence electrons. The summed E-state index contributed by atoms with van der Waals surface area (Å²) in [6.45, 7) is 4.47. The molecule has 1 aliphatic carbocycles. The summed E-state index contributed by atoms with van der Waals surface area (Å²) in [7, 11) is 0. The summed E-state index contributed by atoms with van der Waals surface area (Å²) in [6, 6.07) is 14.8. The van der Waals surface area contributed by atoms with Crippen LogP contribution in [0.3, 0.4) is 0 Å². The number of nitrogens with two attached hydrogens (primary N) is 1. The molecule has 2 aromatic rings. The molecule has 0 bridgehead atoms. The topological polar surface area (TPSA) is 43.1 Å². The van der Waals surface area contributed by atoms with Gasteiger partial charge in [-0.15, -0.1) is 0 Å². The number of amides is 1. The molecule has 1 amide bonds. The van der Waals surface area contributed by atoms with Crippen LogP contribution in [0, 0.1) is 11.8 Å². The van der Waals surface area contributed by atoms with E-state index >= 15 is 0 Å². The Labute approximate surface area is 125 Å². The minimum Gasteiger partial charge on any atom is -0.369 e. The smallest absolute Gasteiger partial charge is 0.229 e. The number of primary amides is 1. The van der Waals surface area contributed by atoms with Crippen molar-refractivity contribution in [3.8, 4) is 23.0 Å². The Morgan fingerprint density at radius 3 is 2.57 bits per heavy atom. The van der Waals surface area contributed by atoms with Gasteiger partial charge in [-0.25, -0.2) is 0 Å². The van der Waals surface area contributed by atoms with Gasteiger partial charge in [0.05, 0.1) is 6.42 Å². The van der Waals surface area contributed by atoms with Gasteiger partial charge in [0, 0.05) is 11.0 Å². The van der Waals surface area contributed by atoms with Crippen LogP contribution in [0.4, 0.5) is 0 Å². The summed E-state index contributed by atoms with van der Waals surface area (Å²) in [5.74, 6) is 5.44. The first kappa shape index (κ1) is 13.5. The van der Waals surface area contributed by atoms with E-state index in [1.165, 1.54) is 22.3 Å². The molecule has 0 radical (unpaired) electrons. The third kappa shape index (κ3) is 2.21. The number of rotatable bonds is 1. The van der Waals surface area contributed by atoms with Crippen LogP contribution in [-0.4, -0.2) is 5.91 Å². The molecule has 2 aromatic carbocycles. The van der Waals surface area contributed by atoms with E-state index in [9.17, 15) is 4.79 Å². The van der Waals surface area contributed by atoms with Crippen molar-refractivity contribution in [2.45, 2.75) is 25.7 Å². The molecule has 0 fully saturated rings. The molecule has 0 spiro atoms. The van der Waals surface area contributed by atoms with Crippen molar-refractivity contribution in [1.82, 2.24) is 0 Å². The van der Waals surface area contributed by atoms with Gasteiger partial charge in [-0.1, -0.05) is 56.0 Å². The molecule has 2 N–H and O–H groups in total. The van der Waals surface area contributed by atoms with Crippen molar-refractivity contribution < 1.29 is 4.79 Å². The number of benzene rings is 2. The predicted octanol–water partition coefficient (Wildman–Crippen LogP) is 3.22. The first-order valence-corrected chi connectivity index (χ1v) is 7.02. The summed E-state index contributed by atoms with van der Waals surface area (Å²) < 4.78 is 0. The van der Waals surface area contributed by atoms with Crippen molar-refractivity contribution >= 4 is 5.91 Å². The molecule has 0 aromatic heterocycles. The van der Waals surface area contributed by atoms with Crippen LogP contribution >= 0.6 is 0 Å². The number of carbonyl (C=O) groups excluding carboxylic acids is 1. The monoisotopic (exact) mass is 275 g/mol. The summed E-state index contributed by atoms with van der Waals surface area (Å²) in [6.07, 6.45) is 0.0979. The largest absolute Gasteiger partial charge is 0.369 e. The van der Waals surface area contributed by atoms with E-state index in [-0.39, 0.29) is 11.8 Å². The standard InChI is InChI=1S/C19H17NO/c1-19(2)16-8-4-3-7-14(16)15-11-10-13(12-17(15)19)6-5-9-18(20)21/h3-4,7-8,10-12H,9H2,1-2H3,(H2,20,21). The fraction of sp³-hybridized carbons (Fsp3) is 0.211. The minimum absolute atomic E-state index is 0.0205. The van der Waals surface area contributed by atoms with Gasteiger partial charge in [-0.2, -0.15) is 0 Å². The summed E-state index contributed by atoms with van der Waals surface area (Å²) in [5, 5.41) is 0. The zero-order chi connectivity index (χ0) is 15.0. The SMILES string of the molecule is CC1(C)c2ccccc2-c2ccc(C#CCC(N)=O)cc21. The van der Waals surface area contributed by atoms with Gasteiger partial charge < -0.3 is 5.73 Å². The van der Waals surface area contributed by atoms with Crippen LogP contribution in [-0.2, 0) is 10.2 Å². The molecule has 0 heterocycles. The Morgan fingerprint density at radius 1 is 1.10 bits per heavy atom. The molecule has 0 atom stereocenters. The van der Waals surface area contributed by atoms with E-state index in [0.29, 0.717) is 0 Å². The van der Waals surface area contributed by atoms with Crippen molar-refractivity contribution in [1.29, 1.82) is 0 Å². The normalized spacial score (nSPS) is 13.8. The van der Waals surface area contributed by atoms with Crippen LogP contribution < -0.4 is 5.73 Å².